The molecule has 0 aromatic heterocycles. The third-order valence-electron chi connectivity index (χ3n) is 4.62. The molecule has 0 unspecified atom stereocenters. The van der Waals surface area contributed by atoms with E-state index in [1.54, 1.807) is 35.5 Å². The summed E-state index contributed by atoms with van der Waals surface area (Å²) in [5, 5.41) is 8.35. The zero-order chi connectivity index (χ0) is 19.4. The molecule has 0 saturated heterocycles. The molecule has 0 spiro atoms. The third-order valence-corrected chi connectivity index (χ3v) is 8.83. The Balaban J connectivity index is 1.83. The number of nitrogens with zero attached hydrogens (tertiary/aromatic N) is 3. The normalized spacial score (nSPS) is 13.9. The molecule has 142 valence electrons. The van der Waals surface area contributed by atoms with Crippen LogP contribution in [0.3, 0.4) is 0 Å². The maximum Gasteiger partial charge on any atom is 0.304 e. The standard InChI is InChI=1S/C19H21F2N3O2Si/c1-15(25)26-13-23-11-22-24(12-23)14-27(2,18-7-3-16(20)4-8-18)19-9-5-17(21)6-10-19/h3-11H,12-14H2,1-2H3. The van der Waals surface area contributed by atoms with Crippen molar-refractivity contribution in [3.8, 4) is 0 Å². The van der Waals surface area contributed by atoms with Crippen molar-refractivity contribution in [2.75, 3.05) is 19.6 Å². The number of hydrogen-bond acceptors (Lipinski definition) is 5. The molecule has 27 heavy (non-hydrogen) atoms. The van der Waals surface area contributed by atoms with Crippen LogP contribution in [0.15, 0.2) is 53.6 Å². The van der Waals surface area contributed by atoms with E-state index in [2.05, 4.69) is 11.6 Å². The van der Waals surface area contributed by atoms with Crippen LogP contribution in [0.25, 0.3) is 0 Å². The molecule has 0 fully saturated rings. The Morgan fingerprint density at radius 3 is 2.07 bits per heavy atom. The van der Waals surface area contributed by atoms with Gasteiger partial charge in [0.1, 0.15) is 32.7 Å². The Morgan fingerprint density at radius 1 is 1.07 bits per heavy atom. The Morgan fingerprint density at radius 2 is 1.59 bits per heavy atom. The van der Waals surface area contributed by atoms with Crippen molar-refractivity contribution in [3.63, 3.8) is 0 Å². The number of benzene rings is 2. The van der Waals surface area contributed by atoms with Crippen LogP contribution < -0.4 is 10.4 Å². The van der Waals surface area contributed by atoms with E-state index >= 15 is 0 Å². The summed E-state index contributed by atoms with van der Waals surface area (Å²) in [6.45, 7) is 4.13. The molecule has 1 aliphatic rings. The van der Waals surface area contributed by atoms with E-state index in [4.69, 9.17) is 4.74 Å². The molecule has 2 aromatic carbocycles. The molecule has 0 amide bonds. The van der Waals surface area contributed by atoms with Crippen LogP contribution in [-0.4, -0.2) is 49.9 Å². The van der Waals surface area contributed by atoms with Crippen LogP contribution in [0.2, 0.25) is 6.55 Å². The van der Waals surface area contributed by atoms with Gasteiger partial charge in [-0.3, -0.25) is 9.80 Å². The lowest BCUT2D eigenvalue weighted by atomic mass is 10.3. The summed E-state index contributed by atoms with van der Waals surface area (Å²) in [4.78, 5) is 12.8. The summed E-state index contributed by atoms with van der Waals surface area (Å²) in [5.41, 5.74) is 0. The van der Waals surface area contributed by atoms with E-state index in [-0.39, 0.29) is 24.3 Å². The largest absolute Gasteiger partial charge is 0.444 e. The Labute approximate surface area is 157 Å². The second-order valence-corrected chi connectivity index (χ2v) is 10.9. The number of carbonyl (C=O) groups excluding carboxylic acids is 1. The molecule has 5 nitrogen and oxygen atoms in total. The summed E-state index contributed by atoms with van der Waals surface area (Å²) in [7, 11) is -2.34. The molecular formula is C19H21F2N3O2Si. The van der Waals surface area contributed by atoms with Gasteiger partial charge in [-0.15, -0.1) is 0 Å². The fourth-order valence-electron chi connectivity index (χ4n) is 3.12. The molecular weight excluding hydrogens is 368 g/mol. The maximum atomic E-state index is 13.4. The molecule has 0 N–H and O–H groups in total. The van der Waals surface area contributed by atoms with Gasteiger partial charge in [-0.1, -0.05) is 41.2 Å². The van der Waals surface area contributed by atoms with Crippen LogP contribution in [0, 0.1) is 11.6 Å². The van der Waals surface area contributed by atoms with Crippen molar-refractivity contribution in [3.05, 3.63) is 60.2 Å². The smallest absolute Gasteiger partial charge is 0.304 e. The fraction of sp³-hybridized carbons (Fsp3) is 0.263. The van der Waals surface area contributed by atoms with Crippen LogP contribution >= 0.6 is 0 Å². The molecule has 2 aromatic rings. The van der Waals surface area contributed by atoms with Gasteiger partial charge < -0.3 is 9.64 Å². The van der Waals surface area contributed by atoms with Gasteiger partial charge in [0.15, 0.2) is 6.73 Å². The van der Waals surface area contributed by atoms with Crippen molar-refractivity contribution >= 4 is 30.8 Å². The van der Waals surface area contributed by atoms with Gasteiger partial charge in [0.05, 0.1) is 0 Å². The van der Waals surface area contributed by atoms with Gasteiger partial charge in [0, 0.05) is 13.1 Å². The second-order valence-electron chi connectivity index (χ2n) is 6.74. The number of hydrogen-bond donors (Lipinski definition) is 0. The first-order valence-corrected chi connectivity index (χ1v) is 11.3. The summed E-state index contributed by atoms with van der Waals surface area (Å²) in [6.07, 6.45) is 2.25. The Hall–Kier alpha value is -2.74. The summed E-state index contributed by atoms with van der Waals surface area (Å²) < 4.78 is 31.8. The average molecular weight is 389 g/mol. The number of ether oxygens (including phenoxy) is 1. The molecule has 1 heterocycles. The van der Waals surface area contributed by atoms with Gasteiger partial charge >= 0.3 is 5.97 Å². The van der Waals surface area contributed by atoms with Crippen molar-refractivity contribution in [2.24, 2.45) is 5.10 Å². The Bertz CT molecular complexity index is 782. The van der Waals surface area contributed by atoms with Gasteiger partial charge in [-0.25, -0.2) is 8.78 Å². The number of rotatable bonds is 6. The van der Waals surface area contributed by atoms with E-state index in [0.29, 0.717) is 12.8 Å². The predicted molar refractivity (Wildman–Crippen MR) is 102 cm³/mol. The molecule has 0 aliphatic carbocycles. The quantitative estimate of drug-likeness (QED) is 0.558. The van der Waals surface area contributed by atoms with Crippen LogP contribution in [0.1, 0.15) is 6.92 Å². The molecule has 0 bridgehead atoms. The minimum absolute atomic E-state index is 0.140. The highest BCUT2D eigenvalue weighted by molar-refractivity contribution is 7.01. The van der Waals surface area contributed by atoms with E-state index < -0.39 is 8.07 Å². The van der Waals surface area contributed by atoms with Crippen LogP contribution in [0.4, 0.5) is 8.78 Å². The molecule has 0 atom stereocenters. The molecule has 0 saturated carbocycles. The summed E-state index contributed by atoms with van der Waals surface area (Å²) in [6, 6.07) is 13.0. The maximum absolute atomic E-state index is 13.4. The highest BCUT2D eigenvalue weighted by atomic mass is 28.3. The molecule has 1 aliphatic heterocycles. The van der Waals surface area contributed by atoms with E-state index in [0.717, 1.165) is 10.4 Å². The van der Waals surface area contributed by atoms with Crippen molar-refractivity contribution in [1.29, 1.82) is 0 Å². The fourth-order valence-corrected chi connectivity index (χ4v) is 6.53. The van der Waals surface area contributed by atoms with Crippen molar-refractivity contribution in [1.82, 2.24) is 9.91 Å². The minimum atomic E-state index is -2.34. The lowest BCUT2D eigenvalue weighted by Gasteiger charge is -2.32. The summed E-state index contributed by atoms with van der Waals surface area (Å²) >= 11 is 0. The second kappa shape index (κ2) is 7.87. The highest BCUT2D eigenvalue weighted by Crippen LogP contribution is 2.13. The molecule has 8 heteroatoms. The first-order chi connectivity index (χ1) is 12.9. The van der Waals surface area contributed by atoms with Crippen LogP contribution in [0.5, 0.6) is 0 Å². The molecule has 0 radical (unpaired) electrons. The summed E-state index contributed by atoms with van der Waals surface area (Å²) in [5.74, 6) is -0.930. The lowest BCUT2D eigenvalue weighted by Crippen LogP contribution is -2.62. The molecule has 3 rings (SSSR count). The third kappa shape index (κ3) is 4.51. The SMILES string of the molecule is CC(=O)OCN1C=NN(C[Si](C)(c2ccc(F)cc2)c2ccc(F)cc2)C1. The number of halogens is 2. The highest BCUT2D eigenvalue weighted by Gasteiger charge is 2.35. The zero-order valence-electron chi connectivity index (χ0n) is 15.2. The van der Waals surface area contributed by atoms with E-state index in [1.807, 2.05) is 5.01 Å². The monoisotopic (exact) mass is 389 g/mol. The first-order valence-electron chi connectivity index (χ1n) is 8.55. The number of carbonyl (C=O) groups is 1. The Kier molecular flexibility index (Phi) is 5.55. The topological polar surface area (TPSA) is 45.1 Å². The lowest BCUT2D eigenvalue weighted by molar-refractivity contribution is -0.144. The minimum Gasteiger partial charge on any atom is -0.444 e. The number of hydrazone groups is 1. The van der Waals surface area contributed by atoms with Gasteiger partial charge in [-0.2, -0.15) is 5.10 Å². The van der Waals surface area contributed by atoms with Gasteiger partial charge in [0.2, 0.25) is 0 Å². The first kappa shape index (κ1) is 19.0. The predicted octanol–water partition coefficient (Wildman–Crippen LogP) is 1.74. The van der Waals surface area contributed by atoms with Crippen LogP contribution in [-0.2, 0) is 9.53 Å². The average Bonchev–Trinajstić information content (AvgIpc) is 3.08. The van der Waals surface area contributed by atoms with Gasteiger partial charge in [-0.05, 0) is 24.3 Å². The zero-order valence-corrected chi connectivity index (χ0v) is 16.2. The van der Waals surface area contributed by atoms with Gasteiger partial charge in [0.25, 0.3) is 0 Å². The number of esters is 1. The van der Waals surface area contributed by atoms with E-state index in [1.165, 1.54) is 31.2 Å². The van der Waals surface area contributed by atoms with Crippen molar-refractivity contribution < 1.29 is 18.3 Å². The van der Waals surface area contributed by atoms with Crippen molar-refractivity contribution in [2.45, 2.75) is 13.5 Å². The van der Waals surface area contributed by atoms with E-state index in [9.17, 15) is 13.6 Å².